The van der Waals surface area contributed by atoms with Gasteiger partial charge in [-0.05, 0) is 12.8 Å². The topological polar surface area (TPSA) is 66.7 Å². The van der Waals surface area contributed by atoms with E-state index in [0.29, 0.717) is 10.8 Å². The fourth-order valence-corrected chi connectivity index (χ4v) is 4.46. The molecule has 20 heavy (non-hydrogen) atoms. The van der Waals surface area contributed by atoms with Gasteiger partial charge < -0.3 is 5.32 Å². The highest BCUT2D eigenvalue weighted by atomic mass is 32.2. The number of hydrogen-bond donors (Lipinski definition) is 1. The van der Waals surface area contributed by atoms with Crippen molar-refractivity contribution < 1.29 is 8.42 Å². The van der Waals surface area contributed by atoms with Gasteiger partial charge in [-0.3, -0.25) is 4.40 Å². The maximum absolute atomic E-state index is 12.9. The van der Waals surface area contributed by atoms with Gasteiger partial charge in [-0.25, -0.2) is 13.4 Å². The van der Waals surface area contributed by atoms with Crippen LogP contribution in [0.1, 0.15) is 20.8 Å². The number of anilines is 1. The summed E-state index contributed by atoms with van der Waals surface area (Å²) >= 11 is 1.41. The molecule has 1 atom stereocenters. The minimum atomic E-state index is -3.60. The van der Waals surface area contributed by atoms with Crippen molar-refractivity contribution in [3.05, 3.63) is 11.6 Å². The number of thiazole rings is 1. The zero-order valence-corrected chi connectivity index (χ0v) is 13.9. The Balaban J connectivity index is 2.59. The van der Waals surface area contributed by atoms with Crippen LogP contribution >= 0.6 is 11.3 Å². The van der Waals surface area contributed by atoms with Gasteiger partial charge in [0.2, 0.25) is 0 Å². The Bertz CT molecular complexity index is 702. The minimum Gasteiger partial charge on any atom is -0.371 e. The Morgan fingerprint density at radius 1 is 1.40 bits per heavy atom. The summed E-state index contributed by atoms with van der Waals surface area (Å²) in [5, 5.41) is 4.90. The van der Waals surface area contributed by atoms with Crippen LogP contribution in [0, 0.1) is 5.92 Å². The van der Waals surface area contributed by atoms with Crippen molar-refractivity contribution in [1.82, 2.24) is 13.7 Å². The second-order valence-electron chi connectivity index (χ2n) is 5.08. The van der Waals surface area contributed by atoms with Crippen LogP contribution < -0.4 is 5.32 Å². The van der Waals surface area contributed by atoms with E-state index in [1.165, 1.54) is 15.6 Å². The summed E-state index contributed by atoms with van der Waals surface area (Å²) in [6.45, 7) is 5.92. The second kappa shape index (κ2) is 5.34. The van der Waals surface area contributed by atoms with E-state index in [1.807, 2.05) is 26.2 Å². The average molecular weight is 316 g/mol. The van der Waals surface area contributed by atoms with Gasteiger partial charge in [-0.1, -0.05) is 13.8 Å². The van der Waals surface area contributed by atoms with Crippen LogP contribution in [0.3, 0.4) is 0 Å². The molecule has 0 aliphatic heterocycles. The van der Waals surface area contributed by atoms with Crippen molar-refractivity contribution in [2.75, 3.05) is 19.4 Å². The summed E-state index contributed by atoms with van der Waals surface area (Å²) in [7, 11) is -0.307. The van der Waals surface area contributed by atoms with E-state index in [9.17, 15) is 8.42 Å². The Kier molecular flexibility index (Phi) is 4.08. The summed E-state index contributed by atoms with van der Waals surface area (Å²) in [6.07, 6.45) is 1.73. The molecule has 2 rings (SSSR count). The Morgan fingerprint density at radius 3 is 2.60 bits per heavy atom. The molecule has 1 N–H and O–H groups in total. The third-order valence-electron chi connectivity index (χ3n) is 3.62. The normalized spacial score (nSPS) is 14.3. The number of nitrogens with zero attached hydrogens (tertiary/aromatic N) is 3. The van der Waals surface area contributed by atoms with Crippen molar-refractivity contribution in [2.24, 2.45) is 5.92 Å². The molecule has 0 fully saturated rings. The molecule has 6 nitrogen and oxygen atoms in total. The molecule has 0 amide bonds. The minimum absolute atomic E-state index is 0.0890. The summed E-state index contributed by atoms with van der Waals surface area (Å²) in [4.78, 5) is 4.97. The fraction of sp³-hybridized carbons (Fsp3) is 0.583. The van der Waals surface area contributed by atoms with Gasteiger partial charge in [-0.15, -0.1) is 11.3 Å². The highest BCUT2D eigenvalue weighted by Crippen LogP contribution is 2.29. The lowest BCUT2D eigenvalue weighted by molar-refractivity contribution is 0.315. The molecular formula is C12H20N4O2S2. The van der Waals surface area contributed by atoms with Gasteiger partial charge in [0.05, 0.1) is 0 Å². The standard InChI is InChI=1S/C12H20N4O2S2/c1-8(2)9(3)15(5)20(17,18)11-10(13-4)14-12-16(11)6-7-19-12/h6-9,13H,1-5H3. The average Bonchev–Trinajstić information content (AvgIpc) is 2.95. The molecule has 0 saturated carbocycles. The molecular weight excluding hydrogens is 296 g/mol. The smallest absolute Gasteiger partial charge is 0.262 e. The summed E-state index contributed by atoms with van der Waals surface area (Å²) in [5.41, 5.74) is 0. The monoisotopic (exact) mass is 316 g/mol. The molecule has 0 radical (unpaired) electrons. The maximum atomic E-state index is 12.9. The number of rotatable bonds is 5. The first kappa shape index (κ1) is 15.3. The molecule has 0 aliphatic carbocycles. The molecule has 112 valence electrons. The van der Waals surface area contributed by atoms with Crippen LogP contribution in [-0.2, 0) is 10.0 Å². The number of hydrogen-bond acceptors (Lipinski definition) is 5. The third kappa shape index (κ3) is 2.32. The van der Waals surface area contributed by atoms with Gasteiger partial charge in [0.1, 0.15) is 0 Å². The van der Waals surface area contributed by atoms with Crippen LogP contribution in [-0.4, -0.2) is 42.2 Å². The first-order valence-corrected chi connectivity index (χ1v) is 8.74. The second-order valence-corrected chi connectivity index (χ2v) is 7.86. The first-order chi connectivity index (χ1) is 9.30. The molecule has 8 heteroatoms. The van der Waals surface area contributed by atoms with Crippen LogP contribution in [0.2, 0.25) is 0 Å². The fourth-order valence-electron chi connectivity index (χ4n) is 1.95. The summed E-state index contributed by atoms with van der Waals surface area (Å²) in [6, 6.07) is -0.0890. The molecule has 0 aromatic carbocycles. The highest BCUT2D eigenvalue weighted by Gasteiger charge is 2.33. The van der Waals surface area contributed by atoms with Gasteiger partial charge in [0.15, 0.2) is 15.8 Å². The van der Waals surface area contributed by atoms with Crippen molar-refractivity contribution >= 4 is 32.1 Å². The van der Waals surface area contributed by atoms with E-state index in [4.69, 9.17) is 0 Å². The summed E-state index contributed by atoms with van der Waals surface area (Å²) in [5.74, 6) is 0.623. The van der Waals surface area contributed by atoms with Gasteiger partial charge in [-0.2, -0.15) is 4.31 Å². The molecule has 2 aromatic heterocycles. The number of fused-ring (bicyclic) bond motifs is 1. The van der Waals surface area contributed by atoms with Crippen LogP contribution in [0.25, 0.3) is 4.96 Å². The molecule has 0 bridgehead atoms. The van der Waals surface area contributed by atoms with E-state index in [1.54, 1.807) is 24.7 Å². The first-order valence-electron chi connectivity index (χ1n) is 6.42. The largest absolute Gasteiger partial charge is 0.371 e. The number of imidazole rings is 1. The lowest BCUT2D eigenvalue weighted by Gasteiger charge is -2.27. The quantitative estimate of drug-likeness (QED) is 0.917. The highest BCUT2D eigenvalue weighted by molar-refractivity contribution is 7.89. The Hall–Kier alpha value is -1.12. The van der Waals surface area contributed by atoms with Crippen molar-refractivity contribution in [1.29, 1.82) is 0 Å². The third-order valence-corrected chi connectivity index (χ3v) is 6.34. The maximum Gasteiger partial charge on any atom is 0.262 e. The van der Waals surface area contributed by atoms with Crippen molar-refractivity contribution in [3.63, 3.8) is 0 Å². The van der Waals surface area contributed by atoms with Gasteiger partial charge in [0.25, 0.3) is 10.0 Å². The van der Waals surface area contributed by atoms with E-state index in [-0.39, 0.29) is 17.0 Å². The van der Waals surface area contributed by atoms with E-state index in [0.717, 1.165) is 0 Å². The van der Waals surface area contributed by atoms with Crippen LogP contribution in [0.5, 0.6) is 0 Å². The number of sulfonamides is 1. The Labute approximate surface area is 123 Å². The summed E-state index contributed by atoms with van der Waals surface area (Å²) < 4.78 is 28.8. The number of aromatic nitrogens is 2. The van der Waals surface area contributed by atoms with Gasteiger partial charge >= 0.3 is 0 Å². The molecule has 0 saturated heterocycles. The van der Waals surface area contributed by atoms with Crippen molar-refractivity contribution in [3.8, 4) is 0 Å². The molecule has 2 heterocycles. The van der Waals surface area contributed by atoms with Crippen LogP contribution in [0.4, 0.5) is 5.82 Å². The van der Waals surface area contributed by atoms with E-state index in [2.05, 4.69) is 10.3 Å². The Morgan fingerprint density at radius 2 is 2.05 bits per heavy atom. The molecule has 2 aromatic rings. The van der Waals surface area contributed by atoms with Crippen LogP contribution in [0.15, 0.2) is 16.6 Å². The lowest BCUT2D eigenvalue weighted by Crippen LogP contribution is -2.38. The lowest BCUT2D eigenvalue weighted by atomic mass is 10.1. The predicted molar refractivity (Wildman–Crippen MR) is 81.9 cm³/mol. The molecule has 0 spiro atoms. The predicted octanol–water partition coefficient (Wildman–Crippen LogP) is 2.10. The molecule has 0 aliphatic rings. The SMILES string of the molecule is CNc1nc2sccn2c1S(=O)(=O)N(C)C(C)C(C)C. The number of nitrogens with one attached hydrogen (secondary N) is 1. The van der Waals surface area contributed by atoms with Crippen molar-refractivity contribution in [2.45, 2.75) is 31.8 Å². The zero-order valence-electron chi connectivity index (χ0n) is 12.3. The van der Waals surface area contributed by atoms with Gasteiger partial charge in [0, 0.05) is 31.7 Å². The molecule has 1 unspecified atom stereocenters. The van der Waals surface area contributed by atoms with E-state index >= 15 is 0 Å². The zero-order chi connectivity index (χ0) is 15.1. The van der Waals surface area contributed by atoms with E-state index < -0.39 is 10.0 Å².